The molecule has 0 unspecified atom stereocenters. The largest absolute Gasteiger partial charge is 0.501 e. The van der Waals surface area contributed by atoms with Gasteiger partial charge in [0, 0.05) is 12.1 Å². The van der Waals surface area contributed by atoms with Crippen molar-refractivity contribution < 1.29 is 18.7 Å². The molecule has 0 atom stereocenters. The number of nitrogens with one attached hydrogen (secondary N) is 2. The van der Waals surface area contributed by atoms with Crippen LogP contribution in [0, 0.1) is 11.6 Å². The van der Waals surface area contributed by atoms with Gasteiger partial charge < -0.3 is 15.4 Å². The Bertz CT molecular complexity index is 987. The number of carbonyl (C=O) groups is 1. The maximum Gasteiger partial charge on any atom is 0.294 e. The van der Waals surface area contributed by atoms with E-state index in [1.54, 1.807) is 17.5 Å². The zero-order valence-electron chi connectivity index (χ0n) is 12.5. The van der Waals surface area contributed by atoms with Crippen LogP contribution in [0.4, 0.5) is 8.78 Å². The number of rotatable bonds is 4. The van der Waals surface area contributed by atoms with Crippen molar-refractivity contribution in [3.63, 3.8) is 0 Å². The minimum absolute atomic E-state index is 0.0730. The summed E-state index contributed by atoms with van der Waals surface area (Å²) in [6.07, 6.45) is 0. The van der Waals surface area contributed by atoms with Crippen molar-refractivity contribution in [2.75, 3.05) is 0 Å². The second-order valence-electron chi connectivity index (χ2n) is 5.01. The number of halogens is 2. The van der Waals surface area contributed by atoms with Crippen LogP contribution in [0.3, 0.4) is 0 Å². The first kappa shape index (κ1) is 16.8. The highest BCUT2D eigenvalue weighted by Crippen LogP contribution is 2.21. The molecule has 0 aliphatic carbocycles. The van der Waals surface area contributed by atoms with Gasteiger partial charge in [-0.3, -0.25) is 9.59 Å². The van der Waals surface area contributed by atoms with E-state index in [-0.39, 0.29) is 17.9 Å². The second-order valence-corrected chi connectivity index (χ2v) is 5.96. The molecule has 0 aliphatic heterocycles. The van der Waals surface area contributed by atoms with Gasteiger partial charge in [0.15, 0.2) is 11.5 Å². The van der Waals surface area contributed by atoms with Gasteiger partial charge in [-0.05, 0) is 29.6 Å². The van der Waals surface area contributed by atoms with Crippen molar-refractivity contribution in [2.45, 2.75) is 6.54 Å². The van der Waals surface area contributed by atoms with Crippen LogP contribution in [0.2, 0.25) is 0 Å². The monoisotopic (exact) mass is 363 g/mol. The molecule has 3 N–H and O–H groups in total. The van der Waals surface area contributed by atoms with Crippen molar-refractivity contribution in [2.24, 2.45) is 0 Å². The predicted octanol–water partition coefficient (Wildman–Crippen LogP) is 2.41. The van der Waals surface area contributed by atoms with E-state index in [0.29, 0.717) is 4.88 Å². The molecule has 0 radical (unpaired) electrons. The van der Waals surface area contributed by atoms with Crippen LogP contribution in [0.5, 0.6) is 5.75 Å². The second kappa shape index (κ2) is 6.81. The highest BCUT2D eigenvalue weighted by Gasteiger charge is 2.19. The molecule has 0 bridgehead atoms. The summed E-state index contributed by atoms with van der Waals surface area (Å²) in [6, 6.07) is 6.26. The number of hydrogen-bond acceptors (Lipinski definition) is 5. The van der Waals surface area contributed by atoms with Gasteiger partial charge in [0.05, 0.1) is 4.88 Å². The van der Waals surface area contributed by atoms with Crippen LogP contribution in [0.1, 0.15) is 16.1 Å². The lowest BCUT2D eigenvalue weighted by molar-refractivity contribution is 0.0942. The molecule has 25 heavy (non-hydrogen) atoms. The average molecular weight is 363 g/mol. The number of carbonyl (C=O) groups excluding carboxylic acids is 1. The molecule has 0 saturated carbocycles. The van der Waals surface area contributed by atoms with Gasteiger partial charge in [-0.25, -0.2) is 13.8 Å². The normalized spacial score (nSPS) is 10.6. The number of aromatic hydroxyl groups is 1. The Hall–Kier alpha value is -3.07. The quantitative estimate of drug-likeness (QED) is 0.663. The van der Waals surface area contributed by atoms with Gasteiger partial charge >= 0.3 is 0 Å². The van der Waals surface area contributed by atoms with Crippen LogP contribution in [0.25, 0.3) is 10.7 Å². The Morgan fingerprint density at radius 2 is 2.12 bits per heavy atom. The first-order chi connectivity index (χ1) is 12.0. The highest BCUT2D eigenvalue weighted by atomic mass is 32.1. The minimum Gasteiger partial charge on any atom is -0.501 e. The predicted molar refractivity (Wildman–Crippen MR) is 87.4 cm³/mol. The standard InChI is InChI=1S/C16H11F2N3O3S/c17-9-3-4-10(18)8(6-9)7-19-15(23)12-13(22)16(24)21-14(20-12)11-2-1-5-25-11/h1-6,22H,7H2,(H,19,23)(H,20,21,24). The van der Waals surface area contributed by atoms with E-state index in [2.05, 4.69) is 15.3 Å². The third-order valence-electron chi connectivity index (χ3n) is 3.31. The summed E-state index contributed by atoms with van der Waals surface area (Å²) in [5.74, 6) is -2.95. The molecule has 0 aliphatic rings. The number of hydrogen-bond donors (Lipinski definition) is 3. The van der Waals surface area contributed by atoms with Gasteiger partial charge in [-0.15, -0.1) is 11.3 Å². The van der Waals surface area contributed by atoms with E-state index in [9.17, 15) is 23.5 Å². The molecule has 3 aromatic rings. The summed E-state index contributed by atoms with van der Waals surface area (Å²) in [7, 11) is 0. The highest BCUT2D eigenvalue weighted by molar-refractivity contribution is 7.13. The van der Waals surface area contributed by atoms with E-state index < -0.39 is 34.5 Å². The summed E-state index contributed by atoms with van der Waals surface area (Å²) in [4.78, 5) is 30.9. The Kier molecular flexibility index (Phi) is 4.57. The molecule has 2 heterocycles. The third kappa shape index (κ3) is 3.56. The number of thiophene rings is 1. The van der Waals surface area contributed by atoms with E-state index in [1.807, 2.05) is 0 Å². The lowest BCUT2D eigenvalue weighted by atomic mass is 10.2. The molecule has 6 nitrogen and oxygen atoms in total. The summed E-state index contributed by atoms with van der Waals surface area (Å²) in [5.41, 5.74) is -1.44. The Labute approximate surface area is 143 Å². The Balaban J connectivity index is 1.87. The number of aromatic amines is 1. The molecule has 1 amide bonds. The van der Waals surface area contributed by atoms with E-state index in [1.165, 1.54) is 11.3 Å². The molecular weight excluding hydrogens is 352 g/mol. The summed E-state index contributed by atoms with van der Waals surface area (Å²) >= 11 is 1.29. The fourth-order valence-corrected chi connectivity index (χ4v) is 2.76. The summed E-state index contributed by atoms with van der Waals surface area (Å²) in [6.45, 7) is -0.329. The van der Waals surface area contributed by atoms with Gasteiger partial charge in [0.25, 0.3) is 11.5 Å². The van der Waals surface area contributed by atoms with Gasteiger partial charge in [0.1, 0.15) is 11.6 Å². The van der Waals surface area contributed by atoms with Crippen molar-refractivity contribution >= 4 is 17.2 Å². The number of H-pyrrole nitrogens is 1. The third-order valence-corrected chi connectivity index (χ3v) is 4.19. The number of benzene rings is 1. The molecule has 2 aromatic heterocycles. The summed E-state index contributed by atoms with van der Waals surface area (Å²) < 4.78 is 26.7. The van der Waals surface area contributed by atoms with Crippen LogP contribution in [-0.2, 0) is 6.54 Å². The van der Waals surface area contributed by atoms with Gasteiger partial charge in [0.2, 0.25) is 5.75 Å². The van der Waals surface area contributed by atoms with Crippen molar-refractivity contribution in [1.29, 1.82) is 0 Å². The molecular formula is C16H11F2N3O3S. The first-order valence-electron chi connectivity index (χ1n) is 7.05. The fraction of sp³-hybridized carbons (Fsp3) is 0.0625. The van der Waals surface area contributed by atoms with Gasteiger partial charge in [-0.1, -0.05) is 6.07 Å². The molecule has 9 heteroatoms. The number of nitrogens with zero attached hydrogens (tertiary/aromatic N) is 1. The lowest BCUT2D eigenvalue weighted by Gasteiger charge is -2.08. The SMILES string of the molecule is O=C(NCc1cc(F)ccc1F)c1nc(-c2cccs2)[nH]c(=O)c1O. The Morgan fingerprint density at radius 1 is 1.32 bits per heavy atom. The maximum atomic E-state index is 13.6. The Morgan fingerprint density at radius 3 is 2.84 bits per heavy atom. The molecule has 0 spiro atoms. The number of aromatic nitrogens is 2. The van der Waals surface area contributed by atoms with E-state index in [4.69, 9.17) is 0 Å². The summed E-state index contributed by atoms with van der Waals surface area (Å²) in [5, 5.41) is 13.9. The lowest BCUT2D eigenvalue weighted by Crippen LogP contribution is -2.27. The molecule has 0 saturated heterocycles. The zero-order valence-corrected chi connectivity index (χ0v) is 13.4. The van der Waals surface area contributed by atoms with E-state index in [0.717, 1.165) is 18.2 Å². The molecule has 1 aromatic carbocycles. The fourth-order valence-electron chi connectivity index (χ4n) is 2.09. The zero-order chi connectivity index (χ0) is 18.0. The molecule has 3 rings (SSSR count). The van der Waals surface area contributed by atoms with Crippen molar-refractivity contribution in [3.05, 3.63) is 69.0 Å². The minimum atomic E-state index is -0.884. The molecule has 0 fully saturated rings. The van der Waals surface area contributed by atoms with Crippen LogP contribution in [0.15, 0.2) is 40.5 Å². The van der Waals surface area contributed by atoms with Crippen LogP contribution in [-0.4, -0.2) is 21.0 Å². The average Bonchev–Trinajstić information content (AvgIpc) is 3.12. The van der Waals surface area contributed by atoms with Crippen LogP contribution >= 0.6 is 11.3 Å². The first-order valence-corrected chi connectivity index (χ1v) is 7.93. The molecule has 128 valence electrons. The van der Waals surface area contributed by atoms with E-state index >= 15 is 0 Å². The van der Waals surface area contributed by atoms with Crippen molar-refractivity contribution in [3.8, 4) is 16.5 Å². The van der Waals surface area contributed by atoms with Crippen LogP contribution < -0.4 is 10.9 Å². The maximum absolute atomic E-state index is 13.6. The van der Waals surface area contributed by atoms with Crippen molar-refractivity contribution in [1.82, 2.24) is 15.3 Å². The topological polar surface area (TPSA) is 95.1 Å². The smallest absolute Gasteiger partial charge is 0.294 e. The van der Waals surface area contributed by atoms with Gasteiger partial charge in [-0.2, -0.15) is 0 Å². The number of amides is 1.